The molecule has 0 amide bonds. The summed E-state index contributed by atoms with van der Waals surface area (Å²) in [6.45, 7) is 3.06. The van der Waals surface area contributed by atoms with E-state index < -0.39 is 0 Å². The van der Waals surface area contributed by atoms with E-state index in [4.69, 9.17) is 21.1 Å². The van der Waals surface area contributed by atoms with Crippen LogP contribution >= 0.6 is 11.6 Å². The first-order chi connectivity index (χ1) is 8.24. The quantitative estimate of drug-likeness (QED) is 0.875. The molecule has 1 N–H and O–H groups in total. The minimum absolute atomic E-state index is 0.154. The van der Waals surface area contributed by atoms with Gasteiger partial charge in [0, 0.05) is 38.2 Å². The molecule has 1 fully saturated rings. The SMILES string of the molecule is COC1(CNCc2cccc(Cl)c2)CCOC1. The highest BCUT2D eigenvalue weighted by Crippen LogP contribution is 2.21. The Morgan fingerprint density at radius 1 is 1.53 bits per heavy atom. The highest BCUT2D eigenvalue weighted by atomic mass is 35.5. The molecule has 94 valence electrons. The fourth-order valence-corrected chi connectivity index (χ4v) is 2.26. The molecule has 1 aliphatic heterocycles. The van der Waals surface area contributed by atoms with Crippen LogP contribution in [0.4, 0.5) is 0 Å². The maximum Gasteiger partial charge on any atom is 0.106 e. The minimum atomic E-state index is -0.154. The third kappa shape index (κ3) is 3.42. The first-order valence-electron chi connectivity index (χ1n) is 5.82. The molecule has 4 heteroatoms. The Morgan fingerprint density at radius 3 is 3.06 bits per heavy atom. The third-order valence-corrected chi connectivity index (χ3v) is 3.40. The zero-order chi connectivity index (χ0) is 12.1. The second kappa shape index (κ2) is 5.83. The highest BCUT2D eigenvalue weighted by Gasteiger charge is 2.34. The van der Waals surface area contributed by atoms with Gasteiger partial charge in [-0.05, 0) is 17.7 Å². The summed E-state index contributed by atoms with van der Waals surface area (Å²) in [4.78, 5) is 0. The first kappa shape index (κ1) is 12.8. The summed E-state index contributed by atoms with van der Waals surface area (Å²) < 4.78 is 10.9. The van der Waals surface area contributed by atoms with Gasteiger partial charge in [-0.3, -0.25) is 0 Å². The number of hydrogen-bond acceptors (Lipinski definition) is 3. The van der Waals surface area contributed by atoms with Crippen molar-refractivity contribution in [3.8, 4) is 0 Å². The average molecular weight is 256 g/mol. The molecule has 0 bridgehead atoms. The molecule has 1 aliphatic rings. The number of rotatable bonds is 5. The van der Waals surface area contributed by atoms with Crippen molar-refractivity contribution in [3.05, 3.63) is 34.9 Å². The summed E-state index contributed by atoms with van der Waals surface area (Å²) in [5.41, 5.74) is 1.03. The number of nitrogens with one attached hydrogen (secondary N) is 1. The van der Waals surface area contributed by atoms with Crippen molar-refractivity contribution in [2.24, 2.45) is 0 Å². The predicted octanol–water partition coefficient (Wildman–Crippen LogP) is 2.24. The summed E-state index contributed by atoms with van der Waals surface area (Å²) in [7, 11) is 1.75. The van der Waals surface area contributed by atoms with Gasteiger partial charge < -0.3 is 14.8 Å². The Balaban J connectivity index is 1.82. The van der Waals surface area contributed by atoms with Crippen LogP contribution in [0.15, 0.2) is 24.3 Å². The van der Waals surface area contributed by atoms with Crippen LogP contribution in [0.3, 0.4) is 0 Å². The molecule has 1 atom stereocenters. The van der Waals surface area contributed by atoms with Gasteiger partial charge in [0.1, 0.15) is 5.60 Å². The van der Waals surface area contributed by atoms with Gasteiger partial charge in [-0.1, -0.05) is 23.7 Å². The standard InChI is InChI=1S/C13H18ClNO2/c1-16-13(5-6-17-10-13)9-15-8-11-3-2-4-12(14)7-11/h2-4,7,15H,5-6,8-10H2,1H3. The molecule has 1 heterocycles. The van der Waals surface area contributed by atoms with E-state index in [1.54, 1.807) is 7.11 Å². The van der Waals surface area contributed by atoms with E-state index in [9.17, 15) is 0 Å². The molecule has 3 nitrogen and oxygen atoms in total. The van der Waals surface area contributed by atoms with Crippen LogP contribution in [0, 0.1) is 0 Å². The summed E-state index contributed by atoms with van der Waals surface area (Å²) in [6, 6.07) is 7.87. The van der Waals surface area contributed by atoms with Crippen LogP contribution in [0.25, 0.3) is 0 Å². The molecule has 0 aromatic heterocycles. The average Bonchev–Trinajstić information content (AvgIpc) is 2.79. The van der Waals surface area contributed by atoms with Crippen molar-refractivity contribution in [3.63, 3.8) is 0 Å². The van der Waals surface area contributed by atoms with Gasteiger partial charge in [-0.15, -0.1) is 0 Å². The maximum atomic E-state index is 5.93. The van der Waals surface area contributed by atoms with Gasteiger partial charge in [0.05, 0.1) is 6.61 Å². The van der Waals surface area contributed by atoms with Crippen molar-refractivity contribution in [1.29, 1.82) is 0 Å². The zero-order valence-corrected chi connectivity index (χ0v) is 10.8. The fraction of sp³-hybridized carbons (Fsp3) is 0.538. The molecule has 1 aromatic carbocycles. The van der Waals surface area contributed by atoms with E-state index in [-0.39, 0.29) is 5.60 Å². The van der Waals surface area contributed by atoms with E-state index in [1.807, 2.05) is 18.2 Å². The monoisotopic (exact) mass is 255 g/mol. The first-order valence-corrected chi connectivity index (χ1v) is 6.20. The molecule has 1 aromatic rings. The summed E-state index contributed by atoms with van der Waals surface area (Å²) in [5, 5.41) is 4.17. The molecule has 2 rings (SSSR count). The van der Waals surface area contributed by atoms with E-state index in [0.717, 1.165) is 31.1 Å². The molecule has 17 heavy (non-hydrogen) atoms. The Morgan fingerprint density at radius 2 is 2.41 bits per heavy atom. The number of halogens is 1. The van der Waals surface area contributed by atoms with Gasteiger partial charge >= 0.3 is 0 Å². The highest BCUT2D eigenvalue weighted by molar-refractivity contribution is 6.30. The molecule has 0 radical (unpaired) electrons. The molecule has 1 saturated heterocycles. The summed E-state index contributed by atoms with van der Waals surface area (Å²) >= 11 is 5.93. The Hall–Kier alpha value is -0.610. The second-order valence-corrected chi connectivity index (χ2v) is 4.86. The van der Waals surface area contributed by atoms with Crippen molar-refractivity contribution < 1.29 is 9.47 Å². The van der Waals surface area contributed by atoms with Gasteiger partial charge in [0.15, 0.2) is 0 Å². The van der Waals surface area contributed by atoms with E-state index >= 15 is 0 Å². The molecular weight excluding hydrogens is 238 g/mol. The van der Waals surface area contributed by atoms with E-state index in [1.165, 1.54) is 5.56 Å². The lowest BCUT2D eigenvalue weighted by molar-refractivity contribution is -0.0159. The van der Waals surface area contributed by atoms with Gasteiger partial charge in [0.25, 0.3) is 0 Å². The van der Waals surface area contributed by atoms with Crippen LogP contribution in [-0.2, 0) is 16.0 Å². The minimum Gasteiger partial charge on any atom is -0.378 e. The smallest absolute Gasteiger partial charge is 0.106 e. The molecule has 0 aliphatic carbocycles. The number of hydrogen-bond donors (Lipinski definition) is 1. The zero-order valence-electron chi connectivity index (χ0n) is 10.0. The Kier molecular flexibility index (Phi) is 4.40. The topological polar surface area (TPSA) is 30.5 Å². The van der Waals surface area contributed by atoms with Crippen LogP contribution in [0.5, 0.6) is 0 Å². The fourth-order valence-electron chi connectivity index (χ4n) is 2.04. The lowest BCUT2D eigenvalue weighted by Crippen LogP contribution is -2.42. The maximum absolute atomic E-state index is 5.93. The molecule has 0 saturated carbocycles. The van der Waals surface area contributed by atoms with Crippen molar-refractivity contribution in [2.45, 2.75) is 18.6 Å². The van der Waals surface area contributed by atoms with Crippen LogP contribution in [0.2, 0.25) is 5.02 Å². The summed E-state index contributed by atoms with van der Waals surface area (Å²) in [6.07, 6.45) is 0.950. The third-order valence-electron chi connectivity index (χ3n) is 3.17. The van der Waals surface area contributed by atoms with E-state index in [2.05, 4.69) is 11.4 Å². The predicted molar refractivity (Wildman–Crippen MR) is 68.3 cm³/mol. The Labute approximate surface area is 107 Å². The molecular formula is C13H18ClNO2. The largest absolute Gasteiger partial charge is 0.378 e. The molecule has 1 unspecified atom stereocenters. The van der Waals surface area contributed by atoms with E-state index in [0.29, 0.717) is 6.61 Å². The lowest BCUT2D eigenvalue weighted by atomic mass is 10.0. The van der Waals surface area contributed by atoms with Crippen LogP contribution < -0.4 is 5.32 Å². The van der Waals surface area contributed by atoms with Crippen molar-refractivity contribution >= 4 is 11.6 Å². The van der Waals surface area contributed by atoms with Gasteiger partial charge in [-0.25, -0.2) is 0 Å². The number of benzene rings is 1. The normalized spacial score (nSPS) is 24.1. The van der Waals surface area contributed by atoms with Crippen LogP contribution in [0.1, 0.15) is 12.0 Å². The second-order valence-electron chi connectivity index (χ2n) is 4.42. The summed E-state index contributed by atoms with van der Waals surface area (Å²) in [5.74, 6) is 0. The lowest BCUT2D eigenvalue weighted by Gasteiger charge is -2.26. The van der Waals surface area contributed by atoms with Crippen LogP contribution in [-0.4, -0.2) is 32.5 Å². The number of methoxy groups -OCH3 is 1. The van der Waals surface area contributed by atoms with Gasteiger partial charge in [0.2, 0.25) is 0 Å². The van der Waals surface area contributed by atoms with Gasteiger partial charge in [-0.2, -0.15) is 0 Å². The Bertz CT molecular complexity index is 364. The number of ether oxygens (including phenoxy) is 2. The van der Waals surface area contributed by atoms with Crippen molar-refractivity contribution in [2.75, 3.05) is 26.9 Å². The van der Waals surface area contributed by atoms with Crippen molar-refractivity contribution in [1.82, 2.24) is 5.32 Å². The molecule has 0 spiro atoms.